The predicted molar refractivity (Wildman–Crippen MR) is 91.0 cm³/mol. The minimum atomic E-state index is -0.0175. The SMILES string of the molecule is Cc1ccc(-c2nc(N)c3cc(C(=O)N4CCOCC4)sc3n2)o1. The van der Waals surface area contributed by atoms with E-state index in [1.807, 2.05) is 19.1 Å². The first-order chi connectivity index (χ1) is 11.6. The van der Waals surface area contributed by atoms with Crippen molar-refractivity contribution in [3.63, 3.8) is 0 Å². The lowest BCUT2D eigenvalue weighted by molar-refractivity contribution is 0.0306. The van der Waals surface area contributed by atoms with Crippen molar-refractivity contribution in [1.82, 2.24) is 14.9 Å². The Labute approximate surface area is 142 Å². The smallest absolute Gasteiger partial charge is 0.264 e. The Morgan fingerprint density at radius 1 is 1.29 bits per heavy atom. The van der Waals surface area contributed by atoms with Crippen LogP contribution in [0.5, 0.6) is 0 Å². The summed E-state index contributed by atoms with van der Waals surface area (Å²) in [7, 11) is 0. The Hall–Kier alpha value is -2.45. The van der Waals surface area contributed by atoms with E-state index in [0.29, 0.717) is 58.8 Å². The van der Waals surface area contributed by atoms with Gasteiger partial charge in [-0.25, -0.2) is 9.97 Å². The number of furan rings is 1. The number of carbonyl (C=O) groups excluding carboxylic acids is 1. The molecule has 124 valence electrons. The molecule has 2 N–H and O–H groups in total. The molecule has 0 unspecified atom stereocenters. The molecule has 0 aliphatic carbocycles. The number of nitrogen functional groups attached to an aromatic ring is 1. The molecule has 1 saturated heterocycles. The monoisotopic (exact) mass is 344 g/mol. The molecule has 4 rings (SSSR count). The van der Waals surface area contributed by atoms with Crippen molar-refractivity contribution in [2.75, 3.05) is 32.0 Å². The maximum absolute atomic E-state index is 12.6. The van der Waals surface area contributed by atoms with E-state index in [1.165, 1.54) is 11.3 Å². The lowest BCUT2D eigenvalue weighted by Crippen LogP contribution is -2.40. The first-order valence-corrected chi connectivity index (χ1v) is 8.44. The minimum Gasteiger partial charge on any atom is -0.458 e. The van der Waals surface area contributed by atoms with E-state index >= 15 is 0 Å². The molecule has 4 heterocycles. The maximum Gasteiger partial charge on any atom is 0.264 e. The summed E-state index contributed by atoms with van der Waals surface area (Å²) in [6.45, 7) is 4.20. The standard InChI is InChI=1S/C16H16N4O3S/c1-9-2-3-11(23-9)14-18-13(17)10-8-12(24-15(10)19-14)16(21)20-4-6-22-7-5-20/h2-3,8H,4-7H2,1H3,(H2,17,18,19). The largest absolute Gasteiger partial charge is 0.458 e. The Morgan fingerprint density at radius 2 is 2.08 bits per heavy atom. The number of fused-ring (bicyclic) bond motifs is 1. The molecule has 7 nitrogen and oxygen atoms in total. The van der Waals surface area contributed by atoms with Crippen LogP contribution in [0.25, 0.3) is 21.8 Å². The normalized spacial score (nSPS) is 15.1. The van der Waals surface area contributed by atoms with E-state index < -0.39 is 0 Å². The highest BCUT2D eigenvalue weighted by molar-refractivity contribution is 7.20. The van der Waals surface area contributed by atoms with Crippen LogP contribution in [-0.2, 0) is 4.74 Å². The van der Waals surface area contributed by atoms with Gasteiger partial charge in [0, 0.05) is 13.1 Å². The molecule has 1 amide bonds. The van der Waals surface area contributed by atoms with Crippen molar-refractivity contribution in [3.05, 3.63) is 28.8 Å². The van der Waals surface area contributed by atoms with Gasteiger partial charge in [0.15, 0.2) is 11.6 Å². The Bertz CT molecular complexity index is 911. The van der Waals surface area contributed by atoms with E-state index in [2.05, 4.69) is 9.97 Å². The van der Waals surface area contributed by atoms with Crippen molar-refractivity contribution < 1.29 is 13.9 Å². The van der Waals surface area contributed by atoms with Gasteiger partial charge in [-0.15, -0.1) is 11.3 Å². The van der Waals surface area contributed by atoms with Gasteiger partial charge in [0.1, 0.15) is 16.4 Å². The van der Waals surface area contributed by atoms with E-state index in [1.54, 1.807) is 11.0 Å². The summed E-state index contributed by atoms with van der Waals surface area (Å²) in [5.74, 6) is 2.11. The summed E-state index contributed by atoms with van der Waals surface area (Å²) in [6, 6.07) is 5.43. The molecule has 3 aromatic heterocycles. The highest BCUT2D eigenvalue weighted by atomic mass is 32.1. The molecule has 0 aromatic carbocycles. The van der Waals surface area contributed by atoms with Crippen LogP contribution >= 0.6 is 11.3 Å². The number of amides is 1. The number of anilines is 1. The van der Waals surface area contributed by atoms with E-state index in [-0.39, 0.29) is 5.91 Å². The molecule has 0 saturated carbocycles. The average Bonchev–Trinajstić information content (AvgIpc) is 3.21. The number of thiophene rings is 1. The molecule has 0 atom stereocenters. The molecule has 8 heteroatoms. The van der Waals surface area contributed by atoms with Crippen LogP contribution in [0.2, 0.25) is 0 Å². The molecular weight excluding hydrogens is 328 g/mol. The number of hydrogen-bond donors (Lipinski definition) is 1. The second-order valence-electron chi connectivity index (χ2n) is 5.58. The number of hydrogen-bond acceptors (Lipinski definition) is 7. The van der Waals surface area contributed by atoms with Crippen molar-refractivity contribution in [1.29, 1.82) is 0 Å². The lowest BCUT2D eigenvalue weighted by atomic mass is 10.3. The Morgan fingerprint density at radius 3 is 2.79 bits per heavy atom. The number of nitrogens with zero attached hydrogens (tertiary/aromatic N) is 3. The summed E-state index contributed by atoms with van der Waals surface area (Å²) in [5, 5.41) is 0.698. The quantitative estimate of drug-likeness (QED) is 0.766. The molecule has 0 radical (unpaired) electrons. The van der Waals surface area contributed by atoms with E-state index in [0.717, 1.165) is 5.76 Å². The number of carbonyl (C=O) groups is 1. The van der Waals surface area contributed by atoms with Crippen molar-refractivity contribution in [2.24, 2.45) is 0 Å². The third-order valence-corrected chi connectivity index (χ3v) is 4.91. The van der Waals surface area contributed by atoms with Gasteiger partial charge in [-0.05, 0) is 25.1 Å². The molecular formula is C16H16N4O3S. The zero-order valence-corrected chi connectivity index (χ0v) is 13.9. The Balaban J connectivity index is 1.72. The van der Waals surface area contributed by atoms with Gasteiger partial charge in [-0.1, -0.05) is 0 Å². The summed E-state index contributed by atoms with van der Waals surface area (Å²) >= 11 is 1.32. The van der Waals surface area contributed by atoms with Crippen LogP contribution in [0.3, 0.4) is 0 Å². The van der Waals surface area contributed by atoms with E-state index in [4.69, 9.17) is 14.9 Å². The van der Waals surface area contributed by atoms with Crippen molar-refractivity contribution in [3.8, 4) is 11.6 Å². The maximum atomic E-state index is 12.6. The highest BCUT2D eigenvalue weighted by Crippen LogP contribution is 2.31. The third kappa shape index (κ3) is 2.63. The number of ether oxygens (including phenoxy) is 1. The van der Waals surface area contributed by atoms with Gasteiger partial charge >= 0.3 is 0 Å². The number of rotatable bonds is 2. The van der Waals surface area contributed by atoms with Crippen LogP contribution in [0, 0.1) is 6.92 Å². The zero-order valence-electron chi connectivity index (χ0n) is 13.1. The first kappa shape index (κ1) is 15.1. The highest BCUT2D eigenvalue weighted by Gasteiger charge is 2.22. The molecule has 1 fully saturated rings. The van der Waals surface area contributed by atoms with Gasteiger partial charge in [-0.2, -0.15) is 0 Å². The summed E-state index contributed by atoms with van der Waals surface area (Å²) in [5.41, 5.74) is 6.06. The fourth-order valence-corrected chi connectivity index (χ4v) is 3.64. The second-order valence-corrected chi connectivity index (χ2v) is 6.61. The average molecular weight is 344 g/mol. The van der Waals surface area contributed by atoms with Gasteiger partial charge in [0.05, 0.1) is 23.5 Å². The first-order valence-electron chi connectivity index (χ1n) is 7.63. The van der Waals surface area contributed by atoms with Gasteiger partial charge in [-0.3, -0.25) is 4.79 Å². The van der Waals surface area contributed by atoms with Gasteiger partial charge in [0.2, 0.25) is 0 Å². The minimum absolute atomic E-state index is 0.0175. The predicted octanol–water partition coefficient (Wildman–Crippen LogP) is 2.31. The fraction of sp³-hybridized carbons (Fsp3) is 0.312. The van der Waals surface area contributed by atoms with Gasteiger partial charge in [0.25, 0.3) is 5.91 Å². The fourth-order valence-electron chi connectivity index (χ4n) is 2.64. The molecule has 1 aliphatic heterocycles. The van der Waals surface area contributed by atoms with Gasteiger partial charge < -0.3 is 19.8 Å². The van der Waals surface area contributed by atoms with E-state index in [9.17, 15) is 4.79 Å². The van der Waals surface area contributed by atoms with Crippen LogP contribution in [-0.4, -0.2) is 47.1 Å². The van der Waals surface area contributed by atoms with Crippen LogP contribution in [0.4, 0.5) is 5.82 Å². The lowest BCUT2D eigenvalue weighted by Gasteiger charge is -2.26. The molecule has 1 aliphatic rings. The van der Waals surface area contributed by atoms with Crippen molar-refractivity contribution in [2.45, 2.75) is 6.92 Å². The summed E-state index contributed by atoms with van der Waals surface area (Å²) < 4.78 is 10.8. The topological polar surface area (TPSA) is 94.5 Å². The van der Waals surface area contributed by atoms with Crippen LogP contribution in [0.15, 0.2) is 22.6 Å². The number of morpholine rings is 1. The Kier molecular flexibility index (Phi) is 3.70. The third-order valence-electron chi connectivity index (χ3n) is 3.89. The van der Waals surface area contributed by atoms with Crippen molar-refractivity contribution >= 4 is 33.3 Å². The molecule has 24 heavy (non-hydrogen) atoms. The second kappa shape index (κ2) is 5.88. The summed E-state index contributed by atoms with van der Waals surface area (Å²) in [4.78, 5) is 24.5. The zero-order chi connectivity index (χ0) is 16.7. The molecule has 0 spiro atoms. The molecule has 3 aromatic rings. The number of nitrogens with two attached hydrogens (primary N) is 1. The number of aryl methyl sites for hydroxylation is 1. The van der Waals surface area contributed by atoms with Crippen LogP contribution in [0.1, 0.15) is 15.4 Å². The number of aromatic nitrogens is 2. The van der Waals surface area contributed by atoms with Crippen LogP contribution < -0.4 is 5.73 Å². The molecule has 0 bridgehead atoms. The summed E-state index contributed by atoms with van der Waals surface area (Å²) in [6.07, 6.45) is 0.